The van der Waals surface area contributed by atoms with E-state index in [4.69, 9.17) is 5.11 Å². The molecular weight excluding hydrogens is 230 g/mol. The molecule has 1 saturated carbocycles. The molecule has 94 valence electrons. The van der Waals surface area contributed by atoms with Crippen molar-refractivity contribution >= 4 is 16.0 Å². The fourth-order valence-electron chi connectivity index (χ4n) is 1.68. The number of aliphatic carboxylic acids is 1. The van der Waals surface area contributed by atoms with Crippen LogP contribution in [-0.2, 0) is 14.8 Å². The molecule has 1 aliphatic rings. The summed E-state index contributed by atoms with van der Waals surface area (Å²) in [5.41, 5.74) is -1.37. The van der Waals surface area contributed by atoms with Crippen molar-refractivity contribution in [3.8, 4) is 0 Å². The molecule has 0 spiro atoms. The number of hydrogen-bond donors (Lipinski definition) is 2. The predicted molar refractivity (Wildman–Crippen MR) is 60.6 cm³/mol. The zero-order valence-corrected chi connectivity index (χ0v) is 10.5. The second kappa shape index (κ2) is 4.71. The van der Waals surface area contributed by atoms with Gasteiger partial charge in [0.1, 0.15) is 5.54 Å². The van der Waals surface area contributed by atoms with Crippen molar-refractivity contribution in [2.75, 3.05) is 5.75 Å². The Morgan fingerprint density at radius 3 is 2.44 bits per heavy atom. The van der Waals surface area contributed by atoms with E-state index in [0.29, 0.717) is 12.8 Å². The maximum atomic E-state index is 11.7. The van der Waals surface area contributed by atoms with Gasteiger partial charge >= 0.3 is 5.97 Å². The molecule has 1 unspecified atom stereocenters. The lowest BCUT2D eigenvalue weighted by Crippen LogP contribution is -2.52. The lowest BCUT2D eigenvalue weighted by Gasteiger charge is -2.25. The second-order valence-electron chi connectivity index (χ2n) is 4.71. The summed E-state index contributed by atoms with van der Waals surface area (Å²) in [4.78, 5) is 11.1. The van der Waals surface area contributed by atoms with Gasteiger partial charge in [0.2, 0.25) is 10.0 Å². The molecule has 0 bridgehead atoms. The minimum Gasteiger partial charge on any atom is -0.480 e. The number of carboxylic acid groups (broad SMARTS) is 1. The second-order valence-corrected chi connectivity index (χ2v) is 6.48. The maximum absolute atomic E-state index is 11.7. The number of carbonyl (C=O) groups is 1. The molecule has 0 aliphatic heterocycles. The van der Waals surface area contributed by atoms with Gasteiger partial charge in [-0.05, 0) is 32.1 Å². The molecule has 0 heterocycles. The molecule has 6 heteroatoms. The molecule has 0 saturated heterocycles. The van der Waals surface area contributed by atoms with E-state index in [2.05, 4.69) is 4.72 Å². The summed E-state index contributed by atoms with van der Waals surface area (Å²) in [5.74, 6) is -0.842. The van der Waals surface area contributed by atoms with E-state index in [9.17, 15) is 13.2 Å². The topological polar surface area (TPSA) is 83.5 Å². The normalized spacial score (nSPS) is 20.4. The van der Waals surface area contributed by atoms with E-state index >= 15 is 0 Å². The third-order valence-corrected chi connectivity index (χ3v) is 4.43. The van der Waals surface area contributed by atoms with Gasteiger partial charge in [-0.1, -0.05) is 13.3 Å². The number of hydrogen-bond acceptors (Lipinski definition) is 3. The lowest BCUT2D eigenvalue weighted by molar-refractivity contribution is -0.143. The van der Waals surface area contributed by atoms with E-state index < -0.39 is 21.5 Å². The zero-order valence-electron chi connectivity index (χ0n) is 9.69. The Kier molecular flexibility index (Phi) is 3.96. The number of carboxylic acids is 1. The average Bonchev–Trinajstić information content (AvgIpc) is 2.86. The van der Waals surface area contributed by atoms with E-state index in [0.717, 1.165) is 12.8 Å². The standard InChI is InChI=1S/C10H19NO4S/c1-3-6-10(2,9(12)13)11-16(14,15)7-8-4-5-8/h8,11H,3-7H2,1-2H3,(H,12,13). The third kappa shape index (κ3) is 3.75. The van der Waals surface area contributed by atoms with Crippen LogP contribution in [0.3, 0.4) is 0 Å². The fraction of sp³-hybridized carbons (Fsp3) is 0.900. The van der Waals surface area contributed by atoms with Crippen LogP contribution in [0.2, 0.25) is 0 Å². The Balaban J connectivity index is 2.69. The fourth-order valence-corrected chi connectivity index (χ4v) is 3.59. The largest absolute Gasteiger partial charge is 0.480 e. The Hall–Kier alpha value is -0.620. The summed E-state index contributed by atoms with van der Waals surface area (Å²) >= 11 is 0. The van der Waals surface area contributed by atoms with Crippen molar-refractivity contribution in [1.82, 2.24) is 4.72 Å². The molecule has 0 aromatic carbocycles. The van der Waals surface area contributed by atoms with E-state index in [1.54, 1.807) is 0 Å². The van der Waals surface area contributed by atoms with Crippen LogP contribution in [-0.4, -0.2) is 30.8 Å². The van der Waals surface area contributed by atoms with Gasteiger partial charge in [0.05, 0.1) is 5.75 Å². The minimum absolute atomic E-state index is 0.0551. The molecule has 1 atom stereocenters. The lowest BCUT2D eigenvalue weighted by atomic mass is 9.98. The first-order valence-electron chi connectivity index (χ1n) is 5.54. The number of rotatable bonds is 7. The summed E-state index contributed by atoms with van der Waals surface area (Å²) in [6, 6.07) is 0. The highest BCUT2D eigenvalue weighted by Gasteiger charge is 2.38. The Labute approximate surface area is 96.3 Å². The van der Waals surface area contributed by atoms with Crippen molar-refractivity contribution in [1.29, 1.82) is 0 Å². The molecule has 1 rings (SSSR count). The van der Waals surface area contributed by atoms with Gasteiger partial charge in [0, 0.05) is 0 Å². The zero-order chi connectivity index (χ0) is 12.4. The van der Waals surface area contributed by atoms with Crippen molar-refractivity contribution in [2.45, 2.75) is 45.1 Å². The highest BCUT2D eigenvalue weighted by molar-refractivity contribution is 7.89. The van der Waals surface area contributed by atoms with Crippen LogP contribution in [0.15, 0.2) is 0 Å². The molecule has 0 aromatic heterocycles. The quantitative estimate of drug-likeness (QED) is 0.704. The van der Waals surface area contributed by atoms with Crippen LogP contribution in [0.5, 0.6) is 0 Å². The van der Waals surface area contributed by atoms with Crippen LogP contribution in [0, 0.1) is 5.92 Å². The first-order valence-corrected chi connectivity index (χ1v) is 7.19. The van der Waals surface area contributed by atoms with Crippen molar-refractivity contribution in [3.05, 3.63) is 0 Å². The molecule has 2 N–H and O–H groups in total. The van der Waals surface area contributed by atoms with Gasteiger partial charge in [-0.3, -0.25) is 4.79 Å². The van der Waals surface area contributed by atoms with Crippen molar-refractivity contribution < 1.29 is 18.3 Å². The molecule has 0 radical (unpaired) electrons. The van der Waals surface area contributed by atoms with Gasteiger partial charge in [0.25, 0.3) is 0 Å². The number of nitrogens with one attached hydrogen (secondary N) is 1. The summed E-state index contributed by atoms with van der Waals surface area (Å²) in [7, 11) is -3.47. The monoisotopic (exact) mass is 249 g/mol. The van der Waals surface area contributed by atoms with Crippen molar-refractivity contribution in [2.24, 2.45) is 5.92 Å². The Morgan fingerprint density at radius 1 is 1.50 bits per heavy atom. The van der Waals surface area contributed by atoms with Crippen molar-refractivity contribution in [3.63, 3.8) is 0 Å². The molecule has 5 nitrogen and oxygen atoms in total. The molecule has 0 aromatic rings. The van der Waals surface area contributed by atoms with E-state index in [1.165, 1.54) is 6.92 Å². The smallest absolute Gasteiger partial charge is 0.324 e. The van der Waals surface area contributed by atoms with Crippen LogP contribution in [0.1, 0.15) is 39.5 Å². The Bertz CT molecular complexity index is 361. The molecular formula is C10H19NO4S. The van der Waals surface area contributed by atoms with Gasteiger partial charge in [0.15, 0.2) is 0 Å². The van der Waals surface area contributed by atoms with Crippen LogP contribution >= 0.6 is 0 Å². The van der Waals surface area contributed by atoms with Gasteiger partial charge in [-0.2, -0.15) is 4.72 Å². The molecule has 16 heavy (non-hydrogen) atoms. The van der Waals surface area contributed by atoms with Crippen LogP contribution < -0.4 is 4.72 Å². The van der Waals surface area contributed by atoms with Gasteiger partial charge in [-0.15, -0.1) is 0 Å². The Morgan fingerprint density at radius 2 is 2.06 bits per heavy atom. The number of sulfonamides is 1. The SMILES string of the molecule is CCCC(C)(NS(=O)(=O)CC1CC1)C(=O)O. The summed E-state index contributed by atoms with van der Waals surface area (Å²) < 4.78 is 25.7. The molecule has 1 aliphatic carbocycles. The summed E-state index contributed by atoms with van der Waals surface area (Å²) in [5, 5.41) is 9.05. The maximum Gasteiger partial charge on any atom is 0.324 e. The van der Waals surface area contributed by atoms with Gasteiger partial charge in [-0.25, -0.2) is 8.42 Å². The van der Waals surface area contributed by atoms with Gasteiger partial charge < -0.3 is 5.11 Å². The molecule has 1 fully saturated rings. The minimum atomic E-state index is -3.47. The van der Waals surface area contributed by atoms with E-state index in [-0.39, 0.29) is 11.7 Å². The highest BCUT2D eigenvalue weighted by Crippen LogP contribution is 2.30. The first-order chi connectivity index (χ1) is 7.29. The van der Waals surface area contributed by atoms with E-state index in [1.807, 2.05) is 6.92 Å². The summed E-state index contributed by atoms with van der Waals surface area (Å²) in [6.45, 7) is 3.25. The van der Waals surface area contributed by atoms with Crippen LogP contribution in [0.25, 0.3) is 0 Å². The highest BCUT2D eigenvalue weighted by atomic mass is 32.2. The predicted octanol–water partition coefficient (Wildman–Crippen LogP) is 0.959. The van der Waals surface area contributed by atoms with Crippen LogP contribution in [0.4, 0.5) is 0 Å². The average molecular weight is 249 g/mol. The molecule has 0 amide bonds. The third-order valence-electron chi connectivity index (χ3n) is 2.75. The summed E-state index contributed by atoms with van der Waals surface area (Å²) in [6.07, 6.45) is 2.78. The first kappa shape index (κ1) is 13.4.